The van der Waals surface area contributed by atoms with E-state index in [1.165, 1.54) is 29.1 Å². The number of hydrogen-bond acceptors (Lipinski definition) is 7. The van der Waals surface area contributed by atoms with Crippen molar-refractivity contribution in [1.82, 2.24) is 34.5 Å². The van der Waals surface area contributed by atoms with Gasteiger partial charge in [-0.15, -0.1) is 10.2 Å². The number of nitrogens with one attached hydrogen (secondary N) is 1. The van der Waals surface area contributed by atoms with Gasteiger partial charge >= 0.3 is 0 Å². The lowest BCUT2D eigenvalue weighted by molar-refractivity contribution is -0.113. The Hall–Kier alpha value is -3.24. The molecule has 0 unspecified atom stereocenters. The van der Waals surface area contributed by atoms with Crippen molar-refractivity contribution in [2.75, 3.05) is 11.1 Å². The summed E-state index contributed by atoms with van der Waals surface area (Å²) in [5.41, 5.74) is 1.36. The van der Waals surface area contributed by atoms with Crippen LogP contribution in [0, 0.1) is 0 Å². The van der Waals surface area contributed by atoms with Crippen LogP contribution >= 0.6 is 23.4 Å². The maximum atomic E-state index is 12.4. The predicted molar refractivity (Wildman–Crippen MR) is 105 cm³/mol. The number of aromatic nitrogens is 7. The maximum absolute atomic E-state index is 12.4. The van der Waals surface area contributed by atoms with Crippen molar-refractivity contribution in [3.8, 4) is 11.5 Å². The topological polar surface area (TPSA) is 103 Å². The summed E-state index contributed by atoms with van der Waals surface area (Å²) in [6.45, 7) is 0. The molecule has 0 fully saturated rings. The molecule has 0 aliphatic rings. The molecule has 4 aromatic rings. The van der Waals surface area contributed by atoms with Gasteiger partial charge in [0.25, 0.3) is 0 Å². The predicted octanol–water partition coefficient (Wildman–Crippen LogP) is 2.63. The first-order chi connectivity index (χ1) is 13.7. The lowest BCUT2D eigenvalue weighted by Gasteiger charge is -2.10. The number of carbonyl (C=O) groups is 1. The Morgan fingerprint density at radius 3 is 2.96 bits per heavy atom. The molecule has 0 aliphatic carbocycles. The Morgan fingerprint density at radius 2 is 2.14 bits per heavy atom. The van der Waals surface area contributed by atoms with E-state index in [4.69, 9.17) is 11.6 Å². The van der Waals surface area contributed by atoms with Crippen molar-refractivity contribution < 1.29 is 4.79 Å². The van der Waals surface area contributed by atoms with E-state index in [1.54, 1.807) is 41.4 Å². The lowest BCUT2D eigenvalue weighted by atomic mass is 10.3. The molecule has 3 aromatic heterocycles. The molecule has 1 N–H and O–H groups in total. The first-order valence-electron chi connectivity index (χ1n) is 8.09. The van der Waals surface area contributed by atoms with Crippen LogP contribution in [0.5, 0.6) is 0 Å². The standard InChI is InChI=1S/C17H13ClN8OS/c18-12-3-1-4-13(7-12)25-11-21-24-17(25)28-8-15(27)23-14-5-2-6-20-16(14)26-10-19-9-22-26/h1-7,9-11H,8H2,(H,23,27). The molecule has 1 aromatic carbocycles. The summed E-state index contributed by atoms with van der Waals surface area (Å²) in [6.07, 6.45) is 6.11. The van der Waals surface area contributed by atoms with Gasteiger partial charge in [0, 0.05) is 11.2 Å². The fourth-order valence-electron chi connectivity index (χ4n) is 2.44. The summed E-state index contributed by atoms with van der Waals surface area (Å²) < 4.78 is 3.26. The minimum atomic E-state index is -0.208. The number of nitrogens with zero attached hydrogens (tertiary/aromatic N) is 7. The Labute approximate surface area is 168 Å². The van der Waals surface area contributed by atoms with Crippen LogP contribution in [-0.2, 0) is 4.79 Å². The molecule has 0 atom stereocenters. The average Bonchev–Trinajstić information content (AvgIpc) is 3.39. The van der Waals surface area contributed by atoms with Gasteiger partial charge in [0.15, 0.2) is 11.0 Å². The zero-order chi connectivity index (χ0) is 19.3. The van der Waals surface area contributed by atoms with E-state index in [-0.39, 0.29) is 11.7 Å². The van der Waals surface area contributed by atoms with Gasteiger partial charge in [0.2, 0.25) is 5.91 Å². The van der Waals surface area contributed by atoms with E-state index >= 15 is 0 Å². The Morgan fingerprint density at radius 1 is 1.21 bits per heavy atom. The van der Waals surface area contributed by atoms with E-state index in [2.05, 4.69) is 30.6 Å². The number of hydrogen-bond donors (Lipinski definition) is 1. The second-order valence-electron chi connectivity index (χ2n) is 5.51. The lowest BCUT2D eigenvalue weighted by Crippen LogP contribution is -2.17. The third-order valence-electron chi connectivity index (χ3n) is 3.63. The summed E-state index contributed by atoms with van der Waals surface area (Å²) in [5, 5.41) is 16.1. The monoisotopic (exact) mass is 412 g/mol. The summed E-state index contributed by atoms with van der Waals surface area (Å²) in [4.78, 5) is 20.6. The highest BCUT2D eigenvalue weighted by atomic mass is 35.5. The van der Waals surface area contributed by atoms with E-state index in [0.717, 1.165) is 5.69 Å². The molecule has 9 nitrogen and oxygen atoms in total. The maximum Gasteiger partial charge on any atom is 0.234 e. The normalized spacial score (nSPS) is 10.8. The first-order valence-corrected chi connectivity index (χ1v) is 9.46. The summed E-state index contributed by atoms with van der Waals surface area (Å²) >= 11 is 7.31. The van der Waals surface area contributed by atoms with Crippen LogP contribution in [0.25, 0.3) is 11.5 Å². The van der Waals surface area contributed by atoms with Crippen molar-refractivity contribution in [2.45, 2.75) is 5.16 Å². The van der Waals surface area contributed by atoms with Gasteiger partial charge in [-0.25, -0.2) is 14.6 Å². The van der Waals surface area contributed by atoms with Gasteiger partial charge in [-0.2, -0.15) is 5.10 Å². The molecule has 0 aliphatic heterocycles. The zero-order valence-electron chi connectivity index (χ0n) is 14.3. The molecule has 0 spiro atoms. The van der Waals surface area contributed by atoms with Gasteiger partial charge in [-0.1, -0.05) is 29.4 Å². The minimum Gasteiger partial charge on any atom is -0.322 e. The molecular formula is C17H13ClN8OS. The van der Waals surface area contributed by atoms with Gasteiger partial charge in [0.05, 0.1) is 17.1 Å². The third kappa shape index (κ3) is 4.02. The third-order valence-corrected chi connectivity index (χ3v) is 4.81. The number of rotatable bonds is 6. The highest BCUT2D eigenvalue weighted by molar-refractivity contribution is 7.99. The molecule has 1 amide bonds. The summed E-state index contributed by atoms with van der Waals surface area (Å²) in [6, 6.07) is 10.8. The Balaban J connectivity index is 1.45. The highest BCUT2D eigenvalue weighted by Crippen LogP contribution is 2.22. The van der Waals surface area contributed by atoms with Gasteiger partial charge < -0.3 is 5.32 Å². The molecule has 4 rings (SSSR count). The van der Waals surface area contributed by atoms with E-state index in [0.29, 0.717) is 21.7 Å². The number of anilines is 1. The van der Waals surface area contributed by atoms with E-state index in [9.17, 15) is 4.79 Å². The number of thioether (sulfide) groups is 1. The fourth-order valence-corrected chi connectivity index (χ4v) is 3.35. The zero-order valence-corrected chi connectivity index (χ0v) is 15.9. The van der Waals surface area contributed by atoms with Gasteiger partial charge in [-0.3, -0.25) is 9.36 Å². The smallest absolute Gasteiger partial charge is 0.234 e. The second-order valence-corrected chi connectivity index (χ2v) is 6.89. The molecule has 0 saturated heterocycles. The number of carbonyl (C=O) groups excluding carboxylic acids is 1. The van der Waals surface area contributed by atoms with E-state index < -0.39 is 0 Å². The number of pyridine rings is 1. The van der Waals surface area contributed by atoms with Crippen LogP contribution in [0.2, 0.25) is 5.02 Å². The Kier molecular flexibility index (Phi) is 5.31. The molecule has 0 bridgehead atoms. The molecule has 0 saturated carbocycles. The average molecular weight is 413 g/mol. The SMILES string of the molecule is O=C(CSc1nncn1-c1cccc(Cl)c1)Nc1cccnc1-n1cncn1. The van der Waals surface area contributed by atoms with Crippen molar-refractivity contribution in [2.24, 2.45) is 0 Å². The van der Waals surface area contributed by atoms with Crippen molar-refractivity contribution in [1.29, 1.82) is 0 Å². The van der Waals surface area contributed by atoms with Crippen LogP contribution in [0.3, 0.4) is 0 Å². The largest absolute Gasteiger partial charge is 0.322 e. The second kappa shape index (κ2) is 8.19. The molecule has 28 heavy (non-hydrogen) atoms. The van der Waals surface area contributed by atoms with Crippen LogP contribution in [-0.4, -0.2) is 46.2 Å². The van der Waals surface area contributed by atoms with Crippen LogP contribution < -0.4 is 5.32 Å². The molecular weight excluding hydrogens is 400 g/mol. The number of benzene rings is 1. The van der Waals surface area contributed by atoms with Crippen molar-refractivity contribution in [3.05, 3.63) is 66.6 Å². The first kappa shape index (κ1) is 18.1. The van der Waals surface area contributed by atoms with Crippen LogP contribution in [0.1, 0.15) is 0 Å². The molecule has 140 valence electrons. The van der Waals surface area contributed by atoms with E-state index in [1.807, 2.05) is 12.1 Å². The van der Waals surface area contributed by atoms with Crippen molar-refractivity contribution >= 4 is 35.0 Å². The van der Waals surface area contributed by atoms with Crippen LogP contribution in [0.15, 0.2) is 66.7 Å². The Bertz CT molecular complexity index is 1100. The van der Waals surface area contributed by atoms with Crippen molar-refractivity contribution in [3.63, 3.8) is 0 Å². The molecule has 11 heteroatoms. The molecule has 3 heterocycles. The highest BCUT2D eigenvalue weighted by Gasteiger charge is 2.13. The summed E-state index contributed by atoms with van der Waals surface area (Å²) in [7, 11) is 0. The summed E-state index contributed by atoms with van der Waals surface area (Å²) in [5.74, 6) is 0.422. The number of halogens is 1. The van der Waals surface area contributed by atoms with Crippen LogP contribution in [0.4, 0.5) is 5.69 Å². The molecule has 0 radical (unpaired) electrons. The fraction of sp³-hybridized carbons (Fsp3) is 0.0588. The minimum absolute atomic E-state index is 0.144. The van der Waals surface area contributed by atoms with Gasteiger partial charge in [-0.05, 0) is 30.3 Å². The quantitative estimate of drug-likeness (QED) is 0.485. The van der Waals surface area contributed by atoms with Gasteiger partial charge in [0.1, 0.15) is 19.0 Å². The number of amides is 1.